The molecule has 1 aromatic rings. The zero-order valence-corrected chi connectivity index (χ0v) is 13.2. The highest BCUT2D eigenvalue weighted by atomic mass is 19.1. The van der Waals surface area contributed by atoms with Crippen molar-refractivity contribution >= 4 is 11.6 Å². The van der Waals surface area contributed by atoms with Crippen molar-refractivity contribution in [1.82, 2.24) is 9.80 Å². The third-order valence-electron chi connectivity index (χ3n) is 4.82. The van der Waals surface area contributed by atoms with Gasteiger partial charge in [0.15, 0.2) is 0 Å². The van der Waals surface area contributed by atoms with E-state index in [4.69, 9.17) is 0 Å². The Morgan fingerprint density at radius 1 is 1.13 bits per heavy atom. The van der Waals surface area contributed by atoms with E-state index in [2.05, 4.69) is 15.1 Å². The van der Waals surface area contributed by atoms with Gasteiger partial charge in [0.1, 0.15) is 11.6 Å². The average Bonchev–Trinajstić information content (AvgIpc) is 3.06. The first-order valence-corrected chi connectivity index (χ1v) is 8.33. The minimum absolute atomic E-state index is 0.0976. The minimum Gasteiger partial charge on any atom is -0.322 e. The summed E-state index contributed by atoms with van der Waals surface area (Å²) < 4.78 is 26.6. The van der Waals surface area contributed by atoms with Crippen molar-refractivity contribution in [1.29, 1.82) is 0 Å². The smallest absolute Gasteiger partial charge is 0.238 e. The second-order valence-electron chi connectivity index (χ2n) is 6.42. The molecule has 3 rings (SSSR count). The molecule has 4 nitrogen and oxygen atoms in total. The SMILES string of the molecule is O=C(CN1CCN(C2CCCC2)CC1)Nc1cc(F)ccc1F. The topological polar surface area (TPSA) is 35.6 Å². The zero-order chi connectivity index (χ0) is 16.2. The van der Waals surface area contributed by atoms with E-state index in [1.54, 1.807) is 0 Å². The standard InChI is InChI=1S/C17H23F2N3O/c18-13-5-6-15(19)16(11-13)20-17(23)12-21-7-9-22(10-8-21)14-3-1-2-4-14/h5-6,11,14H,1-4,7-10,12H2,(H,20,23). The normalized spacial score (nSPS) is 20.8. The second-order valence-corrected chi connectivity index (χ2v) is 6.42. The van der Waals surface area contributed by atoms with Gasteiger partial charge in [-0.3, -0.25) is 14.6 Å². The molecule has 2 aliphatic rings. The molecule has 1 saturated heterocycles. The molecule has 0 bridgehead atoms. The summed E-state index contributed by atoms with van der Waals surface area (Å²) in [7, 11) is 0. The van der Waals surface area contributed by atoms with Gasteiger partial charge in [-0.05, 0) is 25.0 Å². The first-order valence-electron chi connectivity index (χ1n) is 8.33. The van der Waals surface area contributed by atoms with Crippen molar-refractivity contribution in [3.05, 3.63) is 29.8 Å². The highest BCUT2D eigenvalue weighted by Gasteiger charge is 2.26. The van der Waals surface area contributed by atoms with E-state index in [0.29, 0.717) is 6.04 Å². The fourth-order valence-electron chi connectivity index (χ4n) is 3.54. The van der Waals surface area contributed by atoms with Crippen LogP contribution in [0.4, 0.5) is 14.5 Å². The lowest BCUT2D eigenvalue weighted by Gasteiger charge is -2.37. The number of nitrogens with zero attached hydrogens (tertiary/aromatic N) is 2. The van der Waals surface area contributed by atoms with Gasteiger partial charge in [0, 0.05) is 38.3 Å². The third-order valence-corrected chi connectivity index (χ3v) is 4.82. The number of hydrogen-bond acceptors (Lipinski definition) is 3. The van der Waals surface area contributed by atoms with Crippen LogP contribution in [0.15, 0.2) is 18.2 Å². The highest BCUT2D eigenvalue weighted by Crippen LogP contribution is 2.24. The van der Waals surface area contributed by atoms with Crippen LogP contribution < -0.4 is 5.32 Å². The van der Waals surface area contributed by atoms with Crippen LogP contribution in [0.1, 0.15) is 25.7 Å². The molecule has 1 N–H and O–H groups in total. The molecule has 1 aromatic carbocycles. The summed E-state index contributed by atoms with van der Waals surface area (Å²) in [5.41, 5.74) is -0.0976. The molecule has 1 heterocycles. The van der Waals surface area contributed by atoms with Crippen molar-refractivity contribution in [2.24, 2.45) is 0 Å². The van der Waals surface area contributed by atoms with Crippen molar-refractivity contribution in [2.75, 3.05) is 38.0 Å². The van der Waals surface area contributed by atoms with Crippen LogP contribution in [0.5, 0.6) is 0 Å². The summed E-state index contributed by atoms with van der Waals surface area (Å²) in [5.74, 6) is -1.48. The Balaban J connectivity index is 1.46. The first kappa shape index (κ1) is 16.3. The van der Waals surface area contributed by atoms with Crippen LogP contribution in [-0.2, 0) is 4.79 Å². The Morgan fingerprint density at radius 3 is 2.52 bits per heavy atom. The highest BCUT2D eigenvalue weighted by molar-refractivity contribution is 5.92. The summed E-state index contributed by atoms with van der Waals surface area (Å²) in [4.78, 5) is 16.6. The van der Waals surface area contributed by atoms with Gasteiger partial charge >= 0.3 is 0 Å². The predicted molar refractivity (Wildman–Crippen MR) is 85.3 cm³/mol. The van der Waals surface area contributed by atoms with Gasteiger partial charge in [-0.15, -0.1) is 0 Å². The van der Waals surface area contributed by atoms with Gasteiger partial charge in [-0.1, -0.05) is 12.8 Å². The minimum atomic E-state index is -0.620. The van der Waals surface area contributed by atoms with Gasteiger partial charge in [-0.2, -0.15) is 0 Å². The largest absolute Gasteiger partial charge is 0.322 e. The molecule has 1 saturated carbocycles. The number of carbonyl (C=O) groups is 1. The Kier molecular flexibility index (Phi) is 5.23. The predicted octanol–water partition coefficient (Wildman–Crippen LogP) is 2.46. The van der Waals surface area contributed by atoms with Crippen LogP contribution in [-0.4, -0.2) is 54.5 Å². The van der Waals surface area contributed by atoms with Gasteiger partial charge in [-0.25, -0.2) is 8.78 Å². The fourth-order valence-corrected chi connectivity index (χ4v) is 3.54. The fraction of sp³-hybridized carbons (Fsp3) is 0.588. The summed E-state index contributed by atoms with van der Waals surface area (Å²) in [6.07, 6.45) is 5.23. The van der Waals surface area contributed by atoms with Gasteiger partial charge in [0.05, 0.1) is 12.2 Å². The molecule has 0 aromatic heterocycles. The number of halogens is 2. The Labute approximate surface area is 135 Å². The summed E-state index contributed by atoms with van der Waals surface area (Å²) in [6, 6.07) is 3.77. The van der Waals surface area contributed by atoms with E-state index in [0.717, 1.165) is 44.4 Å². The molecular weight excluding hydrogens is 300 g/mol. The van der Waals surface area contributed by atoms with Crippen molar-refractivity contribution < 1.29 is 13.6 Å². The Morgan fingerprint density at radius 2 is 1.83 bits per heavy atom. The molecule has 0 radical (unpaired) electrons. The average molecular weight is 323 g/mol. The Bertz CT molecular complexity index is 553. The van der Waals surface area contributed by atoms with Crippen LogP contribution in [0.3, 0.4) is 0 Å². The molecule has 1 amide bonds. The zero-order valence-electron chi connectivity index (χ0n) is 13.2. The number of nitrogens with one attached hydrogen (secondary N) is 1. The lowest BCUT2D eigenvalue weighted by atomic mass is 10.2. The molecule has 1 aliphatic heterocycles. The molecule has 0 unspecified atom stereocenters. The number of benzene rings is 1. The van der Waals surface area contributed by atoms with Crippen LogP contribution in [0.25, 0.3) is 0 Å². The van der Waals surface area contributed by atoms with E-state index < -0.39 is 11.6 Å². The van der Waals surface area contributed by atoms with Gasteiger partial charge in [0.25, 0.3) is 0 Å². The number of rotatable bonds is 4. The molecular formula is C17H23F2N3O. The number of anilines is 1. The first-order chi connectivity index (χ1) is 11.1. The van der Waals surface area contributed by atoms with E-state index in [9.17, 15) is 13.6 Å². The quantitative estimate of drug-likeness (QED) is 0.924. The number of carbonyl (C=O) groups excluding carboxylic acids is 1. The van der Waals surface area contributed by atoms with E-state index in [1.165, 1.54) is 25.7 Å². The monoisotopic (exact) mass is 323 g/mol. The van der Waals surface area contributed by atoms with E-state index >= 15 is 0 Å². The molecule has 0 spiro atoms. The number of piperazine rings is 1. The maximum Gasteiger partial charge on any atom is 0.238 e. The lowest BCUT2D eigenvalue weighted by molar-refractivity contribution is -0.117. The molecule has 1 aliphatic carbocycles. The molecule has 6 heteroatoms. The van der Waals surface area contributed by atoms with Gasteiger partial charge < -0.3 is 5.32 Å². The van der Waals surface area contributed by atoms with Crippen LogP contribution in [0, 0.1) is 11.6 Å². The third kappa shape index (κ3) is 4.26. The molecule has 0 atom stereocenters. The molecule has 126 valence electrons. The van der Waals surface area contributed by atoms with Crippen molar-refractivity contribution in [3.8, 4) is 0 Å². The number of hydrogen-bond donors (Lipinski definition) is 1. The van der Waals surface area contributed by atoms with Gasteiger partial charge in [0.2, 0.25) is 5.91 Å². The molecule has 23 heavy (non-hydrogen) atoms. The van der Waals surface area contributed by atoms with Crippen LogP contribution >= 0.6 is 0 Å². The summed E-state index contributed by atoms with van der Waals surface area (Å²) in [5, 5.41) is 2.46. The maximum atomic E-state index is 13.5. The van der Waals surface area contributed by atoms with Crippen LogP contribution in [0.2, 0.25) is 0 Å². The van der Waals surface area contributed by atoms with Crippen molar-refractivity contribution in [2.45, 2.75) is 31.7 Å². The number of amides is 1. The lowest BCUT2D eigenvalue weighted by Crippen LogP contribution is -2.51. The second kappa shape index (κ2) is 7.36. The van der Waals surface area contributed by atoms with Crippen molar-refractivity contribution in [3.63, 3.8) is 0 Å². The Hall–Kier alpha value is -1.53. The maximum absolute atomic E-state index is 13.5. The molecule has 2 fully saturated rings. The van der Waals surface area contributed by atoms with E-state index in [-0.39, 0.29) is 18.1 Å². The summed E-state index contributed by atoms with van der Waals surface area (Å²) >= 11 is 0. The summed E-state index contributed by atoms with van der Waals surface area (Å²) in [6.45, 7) is 3.86. The van der Waals surface area contributed by atoms with E-state index in [1.807, 2.05) is 0 Å².